The van der Waals surface area contributed by atoms with Crippen molar-refractivity contribution in [2.45, 2.75) is 0 Å². The molecular formula is C21H19FN4O2. The monoisotopic (exact) mass is 378 g/mol. The van der Waals surface area contributed by atoms with E-state index in [0.29, 0.717) is 37.3 Å². The van der Waals surface area contributed by atoms with Crippen molar-refractivity contribution in [3.05, 3.63) is 83.9 Å². The van der Waals surface area contributed by atoms with Crippen LogP contribution in [0.4, 0.5) is 4.39 Å². The largest absolute Gasteiger partial charge is 0.335 e. The fraction of sp³-hybridized carbons (Fsp3) is 0.190. The molecule has 0 spiro atoms. The van der Waals surface area contributed by atoms with Crippen LogP contribution in [-0.4, -0.2) is 57.6 Å². The van der Waals surface area contributed by atoms with Gasteiger partial charge in [0.25, 0.3) is 11.8 Å². The van der Waals surface area contributed by atoms with Crippen molar-refractivity contribution in [3.63, 3.8) is 0 Å². The number of hydrogen-bond acceptors (Lipinski definition) is 3. The number of aromatic nitrogens is 2. The third-order valence-electron chi connectivity index (χ3n) is 4.83. The highest BCUT2D eigenvalue weighted by atomic mass is 19.1. The van der Waals surface area contributed by atoms with E-state index in [1.807, 2.05) is 24.4 Å². The van der Waals surface area contributed by atoms with Crippen LogP contribution in [-0.2, 0) is 0 Å². The normalized spacial score (nSPS) is 14.2. The van der Waals surface area contributed by atoms with Gasteiger partial charge >= 0.3 is 0 Å². The summed E-state index contributed by atoms with van der Waals surface area (Å²) in [7, 11) is 0. The predicted molar refractivity (Wildman–Crippen MR) is 102 cm³/mol. The Hall–Kier alpha value is -3.48. The van der Waals surface area contributed by atoms with Crippen LogP contribution in [0.25, 0.3) is 5.69 Å². The molecule has 2 amide bonds. The number of hydrogen-bond donors (Lipinski definition) is 0. The summed E-state index contributed by atoms with van der Waals surface area (Å²) in [4.78, 5) is 28.7. The van der Waals surface area contributed by atoms with Crippen molar-refractivity contribution in [1.29, 1.82) is 0 Å². The van der Waals surface area contributed by atoms with E-state index in [0.717, 1.165) is 5.69 Å². The van der Waals surface area contributed by atoms with E-state index < -0.39 is 0 Å². The van der Waals surface area contributed by atoms with Gasteiger partial charge in [0.15, 0.2) is 0 Å². The zero-order valence-corrected chi connectivity index (χ0v) is 15.2. The first-order valence-corrected chi connectivity index (χ1v) is 9.06. The molecule has 0 aliphatic carbocycles. The Morgan fingerprint density at radius 3 is 1.75 bits per heavy atom. The summed E-state index contributed by atoms with van der Waals surface area (Å²) in [6.07, 6.45) is 3.54. The number of carbonyl (C=O) groups excluding carboxylic acids is 2. The van der Waals surface area contributed by atoms with E-state index in [2.05, 4.69) is 5.10 Å². The number of carbonyl (C=O) groups is 2. The summed E-state index contributed by atoms with van der Waals surface area (Å²) in [5, 5.41) is 4.17. The summed E-state index contributed by atoms with van der Waals surface area (Å²) in [5.41, 5.74) is 1.95. The first-order chi connectivity index (χ1) is 13.6. The second kappa shape index (κ2) is 7.64. The molecule has 1 saturated heterocycles. The Balaban J connectivity index is 1.37. The van der Waals surface area contributed by atoms with E-state index in [1.54, 1.807) is 32.8 Å². The lowest BCUT2D eigenvalue weighted by Crippen LogP contribution is -2.50. The van der Waals surface area contributed by atoms with Crippen molar-refractivity contribution >= 4 is 11.8 Å². The molecule has 1 fully saturated rings. The van der Waals surface area contributed by atoms with Gasteiger partial charge in [0.2, 0.25) is 0 Å². The maximum absolute atomic E-state index is 13.0. The van der Waals surface area contributed by atoms with Gasteiger partial charge in [-0.1, -0.05) is 0 Å². The molecule has 2 heterocycles. The van der Waals surface area contributed by atoms with E-state index in [4.69, 9.17) is 0 Å². The Kier molecular flexibility index (Phi) is 4.89. The summed E-state index contributed by atoms with van der Waals surface area (Å²) >= 11 is 0. The van der Waals surface area contributed by atoms with E-state index in [1.165, 1.54) is 24.3 Å². The van der Waals surface area contributed by atoms with Crippen molar-refractivity contribution in [2.24, 2.45) is 0 Å². The van der Waals surface area contributed by atoms with E-state index >= 15 is 0 Å². The zero-order valence-electron chi connectivity index (χ0n) is 15.2. The van der Waals surface area contributed by atoms with Gasteiger partial charge in [-0.15, -0.1) is 0 Å². The molecule has 1 aliphatic rings. The second-order valence-corrected chi connectivity index (χ2v) is 6.59. The Morgan fingerprint density at radius 2 is 1.29 bits per heavy atom. The maximum Gasteiger partial charge on any atom is 0.253 e. The van der Waals surface area contributed by atoms with Gasteiger partial charge in [-0.3, -0.25) is 9.59 Å². The Bertz CT molecular complexity index is 961. The van der Waals surface area contributed by atoms with Gasteiger partial charge in [-0.2, -0.15) is 5.10 Å². The average molecular weight is 378 g/mol. The summed E-state index contributed by atoms with van der Waals surface area (Å²) in [5.74, 6) is -0.567. The molecule has 0 saturated carbocycles. The molecule has 28 heavy (non-hydrogen) atoms. The first-order valence-electron chi connectivity index (χ1n) is 9.06. The minimum Gasteiger partial charge on any atom is -0.335 e. The van der Waals surface area contributed by atoms with Gasteiger partial charge in [0.05, 0.1) is 5.69 Å². The van der Waals surface area contributed by atoms with Crippen LogP contribution in [0.3, 0.4) is 0 Å². The average Bonchev–Trinajstić information content (AvgIpc) is 3.28. The third-order valence-corrected chi connectivity index (χ3v) is 4.83. The molecule has 0 N–H and O–H groups in total. The Labute approximate surface area is 161 Å². The van der Waals surface area contributed by atoms with Crippen LogP contribution in [0.5, 0.6) is 0 Å². The lowest BCUT2D eigenvalue weighted by molar-refractivity contribution is 0.0535. The number of piperazine rings is 1. The molecule has 6 nitrogen and oxygen atoms in total. The second-order valence-electron chi connectivity index (χ2n) is 6.59. The quantitative estimate of drug-likeness (QED) is 0.704. The van der Waals surface area contributed by atoms with Crippen molar-refractivity contribution in [3.8, 4) is 5.69 Å². The van der Waals surface area contributed by atoms with Crippen molar-refractivity contribution in [1.82, 2.24) is 19.6 Å². The molecule has 1 aromatic heterocycles. The van der Waals surface area contributed by atoms with Crippen LogP contribution in [0, 0.1) is 5.82 Å². The molecule has 0 bridgehead atoms. The SMILES string of the molecule is O=C(c1ccc(F)cc1)N1CCN(C(=O)c2ccc(-n3cccn3)cc2)CC1. The Morgan fingerprint density at radius 1 is 0.786 bits per heavy atom. The molecule has 4 rings (SSSR count). The highest BCUT2D eigenvalue weighted by Gasteiger charge is 2.25. The fourth-order valence-corrected chi connectivity index (χ4v) is 3.25. The van der Waals surface area contributed by atoms with E-state index in [9.17, 15) is 14.0 Å². The first kappa shape index (κ1) is 17.9. The van der Waals surface area contributed by atoms with Crippen LogP contribution in [0.2, 0.25) is 0 Å². The van der Waals surface area contributed by atoms with Crippen LogP contribution >= 0.6 is 0 Å². The molecule has 7 heteroatoms. The van der Waals surface area contributed by atoms with Gasteiger partial charge in [0.1, 0.15) is 5.82 Å². The molecule has 1 aliphatic heterocycles. The van der Waals surface area contributed by atoms with Gasteiger partial charge in [-0.25, -0.2) is 9.07 Å². The lowest BCUT2D eigenvalue weighted by atomic mass is 10.1. The molecule has 2 aromatic carbocycles. The molecule has 0 atom stereocenters. The van der Waals surface area contributed by atoms with Gasteiger partial charge in [0, 0.05) is 49.7 Å². The summed E-state index contributed by atoms with van der Waals surface area (Å²) < 4.78 is 14.8. The van der Waals surface area contributed by atoms with Crippen LogP contribution in [0.1, 0.15) is 20.7 Å². The van der Waals surface area contributed by atoms with Crippen LogP contribution in [0.15, 0.2) is 67.0 Å². The zero-order chi connectivity index (χ0) is 19.5. The molecule has 0 radical (unpaired) electrons. The number of amides is 2. The molecular weight excluding hydrogens is 359 g/mol. The number of benzene rings is 2. The van der Waals surface area contributed by atoms with Gasteiger partial charge < -0.3 is 9.80 Å². The van der Waals surface area contributed by atoms with Crippen molar-refractivity contribution < 1.29 is 14.0 Å². The van der Waals surface area contributed by atoms with Gasteiger partial charge in [-0.05, 0) is 54.6 Å². The maximum atomic E-state index is 13.0. The topological polar surface area (TPSA) is 58.4 Å². The highest BCUT2D eigenvalue weighted by molar-refractivity contribution is 5.96. The van der Waals surface area contributed by atoms with Crippen LogP contribution < -0.4 is 0 Å². The highest BCUT2D eigenvalue weighted by Crippen LogP contribution is 2.14. The third kappa shape index (κ3) is 3.64. The molecule has 142 valence electrons. The standard InChI is InChI=1S/C21H19FN4O2/c22-18-6-2-16(3-7-18)20(27)24-12-14-25(15-13-24)21(28)17-4-8-19(9-5-17)26-11-1-10-23-26/h1-11H,12-15H2. The number of rotatable bonds is 3. The predicted octanol–water partition coefficient (Wildman–Crippen LogP) is 2.61. The van der Waals surface area contributed by atoms with E-state index in [-0.39, 0.29) is 17.6 Å². The number of nitrogens with zero attached hydrogens (tertiary/aromatic N) is 4. The fourth-order valence-electron chi connectivity index (χ4n) is 3.25. The minimum absolute atomic E-state index is 0.0547. The molecule has 3 aromatic rings. The summed E-state index contributed by atoms with van der Waals surface area (Å²) in [6, 6.07) is 14.6. The lowest BCUT2D eigenvalue weighted by Gasteiger charge is -2.35. The minimum atomic E-state index is -0.370. The summed E-state index contributed by atoms with van der Waals surface area (Å²) in [6.45, 7) is 1.83. The smallest absolute Gasteiger partial charge is 0.253 e. The molecule has 0 unspecified atom stereocenters. The number of halogens is 1. The van der Waals surface area contributed by atoms with Crippen molar-refractivity contribution in [2.75, 3.05) is 26.2 Å².